The number of hydrogen-bond donors (Lipinski definition) is 0. The highest BCUT2D eigenvalue weighted by Crippen LogP contribution is 2.26. The highest BCUT2D eigenvalue weighted by molar-refractivity contribution is 5.46. The highest BCUT2D eigenvalue weighted by atomic mass is 15.1. The van der Waals surface area contributed by atoms with Crippen LogP contribution in [0.2, 0.25) is 0 Å². The molecule has 1 heteroatoms. The van der Waals surface area contributed by atoms with Gasteiger partial charge in [0.25, 0.3) is 0 Å². The molecule has 0 heterocycles. The van der Waals surface area contributed by atoms with E-state index in [1.165, 1.54) is 43.3 Å². The van der Waals surface area contributed by atoms with E-state index in [1.54, 1.807) is 0 Å². The molecule has 0 saturated heterocycles. The lowest BCUT2D eigenvalue weighted by molar-refractivity contribution is 0.406. The highest BCUT2D eigenvalue weighted by Gasteiger charge is 2.11. The summed E-state index contributed by atoms with van der Waals surface area (Å²) in [6.07, 6.45) is 15.3. The Balaban J connectivity index is 2.45. The van der Waals surface area contributed by atoms with Crippen LogP contribution in [-0.2, 0) is 0 Å². The van der Waals surface area contributed by atoms with Crippen LogP contribution in [0.15, 0.2) is 48.2 Å². The van der Waals surface area contributed by atoms with Crippen LogP contribution < -0.4 is 0 Å². The summed E-state index contributed by atoms with van der Waals surface area (Å²) in [5.41, 5.74) is 3.75. The van der Waals surface area contributed by atoms with E-state index >= 15 is 0 Å². The molecule has 0 aromatic heterocycles. The molecule has 1 nitrogen and oxygen atoms in total. The Morgan fingerprint density at radius 2 is 2.05 bits per heavy atom. The monoisotopic (exact) mass is 259 g/mol. The molecule has 0 bridgehead atoms. The van der Waals surface area contributed by atoms with E-state index < -0.39 is 0 Å². The minimum atomic E-state index is 1.10. The summed E-state index contributed by atoms with van der Waals surface area (Å²) in [4.78, 5) is 2.29. The second-order valence-corrected chi connectivity index (χ2v) is 5.37. The fourth-order valence-electron chi connectivity index (χ4n) is 2.47. The van der Waals surface area contributed by atoms with Crippen molar-refractivity contribution in [1.29, 1.82) is 0 Å². The van der Waals surface area contributed by atoms with Crippen molar-refractivity contribution >= 4 is 0 Å². The van der Waals surface area contributed by atoms with Gasteiger partial charge in [0, 0.05) is 24.9 Å². The van der Waals surface area contributed by atoms with Gasteiger partial charge in [-0.3, -0.25) is 0 Å². The van der Waals surface area contributed by atoms with Crippen LogP contribution in [0.4, 0.5) is 0 Å². The first kappa shape index (κ1) is 15.8. The van der Waals surface area contributed by atoms with E-state index in [9.17, 15) is 0 Å². The molecule has 0 unspecified atom stereocenters. The Morgan fingerprint density at radius 1 is 1.32 bits per heavy atom. The van der Waals surface area contributed by atoms with Gasteiger partial charge in [-0.1, -0.05) is 64.0 Å². The maximum atomic E-state index is 4.26. The van der Waals surface area contributed by atoms with Crippen molar-refractivity contribution in [3.63, 3.8) is 0 Å². The number of nitrogens with zero attached hydrogens (tertiary/aromatic N) is 1. The standard InChI is InChI=1S/C18H29N/c1-5-7-8-9-12-15-19(4)16(3)18-14-11-10-13-17(18)6-2/h6,11,14H,2-3,5,7-10,12-13,15H2,1,4H3. The third-order valence-electron chi connectivity index (χ3n) is 3.83. The smallest absolute Gasteiger partial charge is 0.0366 e. The molecule has 0 fully saturated rings. The third kappa shape index (κ3) is 5.10. The average molecular weight is 259 g/mol. The summed E-state index contributed by atoms with van der Waals surface area (Å²) in [7, 11) is 2.15. The molecule has 0 atom stereocenters. The van der Waals surface area contributed by atoms with Crippen LogP contribution in [0.5, 0.6) is 0 Å². The van der Waals surface area contributed by atoms with Gasteiger partial charge < -0.3 is 4.90 Å². The maximum absolute atomic E-state index is 4.26. The van der Waals surface area contributed by atoms with Gasteiger partial charge in [0.15, 0.2) is 0 Å². The molecule has 0 N–H and O–H groups in total. The molecule has 1 aliphatic carbocycles. The van der Waals surface area contributed by atoms with Gasteiger partial charge in [0.05, 0.1) is 0 Å². The summed E-state index contributed by atoms with van der Waals surface area (Å²) in [6, 6.07) is 0. The number of likely N-dealkylation sites (N-methyl/N-ethyl adjacent to an activating group) is 1. The van der Waals surface area contributed by atoms with Gasteiger partial charge in [-0.15, -0.1) is 0 Å². The van der Waals surface area contributed by atoms with Crippen LogP contribution in [0.1, 0.15) is 51.9 Å². The van der Waals surface area contributed by atoms with E-state index in [-0.39, 0.29) is 0 Å². The minimum Gasteiger partial charge on any atom is -0.375 e. The van der Waals surface area contributed by atoms with E-state index in [4.69, 9.17) is 0 Å². The molecule has 0 radical (unpaired) electrons. The Labute approximate surface area is 119 Å². The van der Waals surface area contributed by atoms with Crippen molar-refractivity contribution in [3.8, 4) is 0 Å². The first-order chi connectivity index (χ1) is 9.20. The minimum absolute atomic E-state index is 1.10. The fourth-order valence-corrected chi connectivity index (χ4v) is 2.47. The largest absolute Gasteiger partial charge is 0.375 e. The van der Waals surface area contributed by atoms with Crippen molar-refractivity contribution in [1.82, 2.24) is 4.90 Å². The van der Waals surface area contributed by atoms with Crippen LogP contribution in [-0.4, -0.2) is 18.5 Å². The normalized spacial score (nSPS) is 14.6. The predicted octanol–water partition coefficient (Wildman–Crippen LogP) is 5.23. The van der Waals surface area contributed by atoms with Gasteiger partial charge >= 0.3 is 0 Å². The molecule has 1 aliphatic rings. The van der Waals surface area contributed by atoms with Crippen molar-refractivity contribution in [2.75, 3.05) is 13.6 Å². The van der Waals surface area contributed by atoms with Crippen LogP contribution in [0, 0.1) is 0 Å². The quantitative estimate of drug-likeness (QED) is 0.512. The molecule has 0 saturated carbocycles. The number of unbranched alkanes of at least 4 members (excludes halogenated alkanes) is 4. The molecule has 106 valence electrons. The Bertz CT molecular complexity index is 360. The van der Waals surface area contributed by atoms with Crippen molar-refractivity contribution in [2.24, 2.45) is 0 Å². The molecule has 0 aromatic rings. The molecule has 1 rings (SSSR count). The van der Waals surface area contributed by atoms with E-state index in [2.05, 4.69) is 44.2 Å². The van der Waals surface area contributed by atoms with Crippen LogP contribution in [0.25, 0.3) is 0 Å². The summed E-state index contributed by atoms with van der Waals surface area (Å²) in [5.74, 6) is 0. The molecular formula is C18H29N. The average Bonchev–Trinajstić information content (AvgIpc) is 2.46. The topological polar surface area (TPSA) is 3.24 Å². The second-order valence-electron chi connectivity index (χ2n) is 5.37. The SMILES string of the molecule is C=CC1=C(C(=C)N(C)CCCCCCC)C=CCC1. The predicted molar refractivity (Wildman–Crippen MR) is 86.1 cm³/mol. The molecule has 0 amide bonds. The van der Waals surface area contributed by atoms with E-state index in [1.807, 2.05) is 6.08 Å². The van der Waals surface area contributed by atoms with Gasteiger partial charge in [0.1, 0.15) is 0 Å². The molecular weight excluding hydrogens is 230 g/mol. The van der Waals surface area contributed by atoms with E-state index in [0.29, 0.717) is 0 Å². The van der Waals surface area contributed by atoms with Gasteiger partial charge in [0.2, 0.25) is 0 Å². The van der Waals surface area contributed by atoms with E-state index in [0.717, 1.165) is 25.1 Å². The lowest BCUT2D eigenvalue weighted by Crippen LogP contribution is -2.20. The van der Waals surface area contributed by atoms with Gasteiger partial charge in [-0.05, 0) is 24.8 Å². The van der Waals surface area contributed by atoms with Crippen LogP contribution >= 0.6 is 0 Å². The lowest BCUT2D eigenvalue weighted by Gasteiger charge is -2.25. The zero-order valence-electron chi connectivity index (χ0n) is 12.8. The molecule has 19 heavy (non-hydrogen) atoms. The third-order valence-corrected chi connectivity index (χ3v) is 3.83. The van der Waals surface area contributed by atoms with Gasteiger partial charge in [-0.2, -0.15) is 0 Å². The maximum Gasteiger partial charge on any atom is 0.0366 e. The number of hydrogen-bond acceptors (Lipinski definition) is 1. The molecule has 0 aromatic carbocycles. The van der Waals surface area contributed by atoms with Gasteiger partial charge in [-0.25, -0.2) is 0 Å². The van der Waals surface area contributed by atoms with Crippen molar-refractivity contribution in [3.05, 3.63) is 48.2 Å². The summed E-state index contributed by atoms with van der Waals surface area (Å²) >= 11 is 0. The molecule has 0 spiro atoms. The first-order valence-electron chi connectivity index (χ1n) is 7.63. The second kappa shape index (κ2) is 8.79. The van der Waals surface area contributed by atoms with Crippen molar-refractivity contribution < 1.29 is 0 Å². The Hall–Kier alpha value is -1.24. The lowest BCUT2D eigenvalue weighted by atomic mass is 9.95. The summed E-state index contributed by atoms with van der Waals surface area (Å²) < 4.78 is 0. The summed E-state index contributed by atoms with van der Waals surface area (Å²) in [5, 5.41) is 0. The number of allylic oxidation sites excluding steroid dienone is 4. The Morgan fingerprint density at radius 3 is 2.74 bits per heavy atom. The van der Waals surface area contributed by atoms with Crippen molar-refractivity contribution in [2.45, 2.75) is 51.9 Å². The fraction of sp³-hybridized carbons (Fsp3) is 0.556. The number of rotatable bonds is 9. The zero-order valence-corrected chi connectivity index (χ0v) is 12.8. The Kier molecular flexibility index (Phi) is 7.32. The summed E-state index contributed by atoms with van der Waals surface area (Å²) in [6.45, 7) is 11.5. The zero-order chi connectivity index (χ0) is 14.1. The molecule has 0 aliphatic heterocycles. The van der Waals surface area contributed by atoms with Crippen LogP contribution in [0.3, 0.4) is 0 Å². The first-order valence-corrected chi connectivity index (χ1v) is 7.63.